The Bertz CT molecular complexity index is 3540. The van der Waals surface area contributed by atoms with Gasteiger partial charge in [0.05, 0.1) is 30.4 Å². The number of benzene rings is 4. The van der Waals surface area contributed by atoms with Crippen LogP contribution in [0.2, 0.25) is 0 Å². The third kappa shape index (κ3) is 10.5. The molecule has 14 rings (SSSR count). The Morgan fingerprint density at radius 1 is 0.941 bits per heavy atom. The van der Waals surface area contributed by atoms with Gasteiger partial charge in [-0.1, -0.05) is 100 Å². The Kier molecular flexibility index (Phi) is 15.7. The Morgan fingerprint density at radius 2 is 1.81 bits per heavy atom. The lowest BCUT2D eigenvalue weighted by atomic mass is 9.64. The molecule has 4 aromatic carbocycles. The van der Waals surface area contributed by atoms with E-state index in [0.29, 0.717) is 84.1 Å². The summed E-state index contributed by atoms with van der Waals surface area (Å²) in [5.74, 6) is 16.5. The molecule has 6 aliphatic heterocycles. The van der Waals surface area contributed by atoms with Crippen molar-refractivity contribution in [3.63, 3.8) is 0 Å². The fourth-order valence-electron chi connectivity index (χ4n) is 16.6. The zero-order chi connectivity index (χ0) is 58.1. The second-order valence-corrected chi connectivity index (χ2v) is 28.0. The van der Waals surface area contributed by atoms with Gasteiger partial charge in [-0.2, -0.15) is 0 Å². The van der Waals surface area contributed by atoms with E-state index in [1.165, 1.54) is 18.9 Å². The van der Waals surface area contributed by atoms with Crippen LogP contribution in [-0.4, -0.2) is 103 Å². The van der Waals surface area contributed by atoms with Gasteiger partial charge in [-0.05, 0) is 127 Å². The predicted molar refractivity (Wildman–Crippen MR) is 330 cm³/mol. The van der Waals surface area contributed by atoms with E-state index in [-0.39, 0.29) is 73.0 Å². The number of aliphatic hydroxyl groups is 2. The fourth-order valence-corrected chi connectivity index (χ4v) is 19.2. The third-order valence-electron chi connectivity index (χ3n) is 20.4. The summed E-state index contributed by atoms with van der Waals surface area (Å²) in [4.78, 5) is 13.3. The number of nitrogens with two attached hydrogens (primary N) is 1. The van der Waals surface area contributed by atoms with Crippen LogP contribution in [0.3, 0.4) is 0 Å². The van der Waals surface area contributed by atoms with E-state index in [1.54, 1.807) is 13.2 Å². The summed E-state index contributed by atoms with van der Waals surface area (Å²) in [6.45, 7) is 1.62. The number of aromatic hydroxyl groups is 2. The summed E-state index contributed by atoms with van der Waals surface area (Å²) in [6, 6.07) is 16.7. The molecule has 14 atom stereocenters. The zero-order valence-electron chi connectivity index (χ0n) is 48.3. The Hall–Kier alpha value is -6.05. The van der Waals surface area contributed by atoms with Gasteiger partial charge in [0, 0.05) is 114 Å². The van der Waals surface area contributed by atoms with Gasteiger partial charge in [-0.3, -0.25) is 4.79 Å². The highest BCUT2D eigenvalue weighted by molar-refractivity contribution is 8.76. The Balaban J connectivity index is 1.10. The van der Waals surface area contributed by atoms with Crippen LogP contribution in [0.5, 0.6) is 28.7 Å². The van der Waals surface area contributed by atoms with Crippen LogP contribution >= 0.6 is 21.6 Å². The van der Waals surface area contributed by atoms with E-state index in [2.05, 4.69) is 94.3 Å². The molecular weight excluding hydrogens is 1110 g/mol. The number of phenols is 2. The average molecular weight is 1190 g/mol. The second-order valence-electron chi connectivity index (χ2n) is 25.5. The molecule has 85 heavy (non-hydrogen) atoms. The molecule has 3 fully saturated rings. The molecule has 444 valence electrons. The molecule has 11 bridgehead atoms. The predicted octanol–water partition coefficient (Wildman–Crippen LogP) is 8.96. The number of aliphatic hydroxyl groups excluding tert-OH is 2. The molecule has 0 radical (unpaired) electrons. The van der Waals surface area contributed by atoms with Gasteiger partial charge >= 0.3 is 5.97 Å². The number of rotatable bonds is 7. The molecule has 9 N–H and O–H groups in total. The van der Waals surface area contributed by atoms with E-state index >= 15 is 0 Å². The smallest absolute Gasteiger partial charge is 0.302 e. The first-order valence-electron chi connectivity index (χ1n) is 30.7. The Morgan fingerprint density at radius 3 is 2.66 bits per heavy atom. The monoisotopic (exact) mass is 1180 g/mol. The Labute approximate surface area is 505 Å². The van der Waals surface area contributed by atoms with Gasteiger partial charge in [0.15, 0.2) is 18.3 Å². The van der Waals surface area contributed by atoms with Crippen LogP contribution in [0.1, 0.15) is 120 Å². The van der Waals surface area contributed by atoms with Crippen LogP contribution in [0.25, 0.3) is 17.2 Å². The topological polar surface area (TPSA) is 206 Å². The standard InChI is InChI=1S/C69H76N4O10S2/c1-37(76)80-33-55-49-12-13-50-61-44(25-47(77)26-58(61)81-36-75)28-69-20-19-43(27-69)52-24-39-6-3-5-38(21-39)22-42-10-9-41(11-16-56-48(52)15-18-60(70)73-56)62-53(30-71-29-45(31-74)54(42)32-79-2)65(78)68-51(63(62)66(55)83-67(49)64(50)69)14-17-57-59(82-68)35-85-84-34-40-7-4-8-46(23-40)72-57/h3,5-6,12-15,17-18,21,25-26,40-43,45-46,52,54-55,57,59-60,66,71-75,77-78H,4,7-8,19-20,22-24,27-36,70H2,1-2H3/t40-,41+,42-,43+,45+,46-,52+,54-,55+,57+,59+,60?,66+,69-/m1/s1. The summed E-state index contributed by atoms with van der Waals surface area (Å²) >= 11 is 0. The summed E-state index contributed by atoms with van der Waals surface area (Å²) in [7, 11) is 5.44. The van der Waals surface area contributed by atoms with Crippen LogP contribution in [0, 0.1) is 59.2 Å². The number of nitrogens with one attached hydrogen (secondary N) is 3. The maximum atomic E-state index is 13.5. The second kappa shape index (κ2) is 23.6. The maximum Gasteiger partial charge on any atom is 0.302 e. The number of hydrogen-bond donors (Lipinski definition) is 8. The van der Waals surface area contributed by atoms with Gasteiger partial charge in [0.2, 0.25) is 0 Å². The van der Waals surface area contributed by atoms with Crippen molar-refractivity contribution in [3.8, 4) is 63.6 Å². The van der Waals surface area contributed by atoms with E-state index in [4.69, 9.17) is 29.4 Å². The first-order valence-corrected chi connectivity index (χ1v) is 33.2. The molecule has 0 amide bonds. The zero-order valence-corrected chi connectivity index (χ0v) is 49.9. The number of esters is 1. The van der Waals surface area contributed by atoms with Crippen LogP contribution in [-0.2, 0) is 45.5 Å². The van der Waals surface area contributed by atoms with Gasteiger partial charge < -0.3 is 65.8 Å². The third-order valence-corrected chi connectivity index (χ3v) is 22.9. The number of fused-ring (bicyclic) bond motifs is 14. The summed E-state index contributed by atoms with van der Waals surface area (Å²) in [5.41, 5.74) is 17.6. The number of methoxy groups -OCH3 is 1. The van der Waals surface area contributed by atoms with Crippen LogP contribution in [0.4, 0.5) is 0 Å². The van der Waals surface area contributed by atoms with E-state index in [1.807, 2.05) is 33.7 Å². The molecular formula is C69H76N4O10S2. The highest BCUT2D eigenvalue weighted by Gasteiger charge is 2.53. The normalized spacial score (nSPS) is 31.9. The number of dihydropyridines is 1. The van der Waals surface area contributed by atoms with Crippen molar-refractivity contribution in [1.82, 2.24) is 16.0 Å². The van der Waals surface area contributed by atoms with Crippen molar-refractivity contribution in [2.45, 2.75) is 125 Å². The number of ether oxygens (including phenoxy) is 5. The van der Waals surface area contributed by atoms with E-state index < -0.39 is 42.3 Å². The number of carbonyl (C=O) groups is 1. The van der Waals surface area contributed by atoms with Crippen molar-refractivity contribution in [3.05, 3.63) is 128 Å². The first kappa shape index (κ1) is 56.7. The van der Waals surface area contributed by atoms with Crippen molar-refractivity contribution in [1.29, 1.82) is 0 Å². The van der Waals surface area contributed by atoms with Gasteiger partial charge in [0.1, 0.15) is 42.0 Å². The first-order chi connectivity index (χ1) is 41.5. The number of allylic oxidation sites excluding steroid dienone is 3. The molecule has 1 saturated heterocycles. The quantitative estimate of drug-likeness (QED) is 0.0376. The van der Waals surface area contributed by atoms with E-state index in [9.17, 15) is 25.2 Å². The van der Waals surface area contributed by atoms with Gasteiger partial charge in [-0.25, -0.2) is 0 Å². The fraction of sp³-hybridized carbons (Fsp3) is 0.493. The highest BCUT2D eigenvalue weighted by Crippen LogP contribution is 2.64. The molecule has 14 nitrogen and oxygen atoms in total. The molecule has 4 aromatic rings. The van der Waals surface area contributed by atoms with Gasteiger partial charge in [-0.15, -0.1) is 0 Å². The van der Waals surface area contributed by atoms with Crippen molar-refractivity contribution in [2.75, 3.05) is 51.8 Å². The summed E-state index contributed by atoms with van der Waals surface area (Å²) < 4.78 is 33.7. The molecule has 16 heteroatoms. The lowest BCUT2D eigenvalue weighted by Gasteiger charge is -2.40. The minimum absolute atomic E-state index is 0.0146. The number of carbonyl (C=O) groups excluding carboxylic acids is 1. The van der Waals surface area contributed by atoms with Gasteiger partial charge in [0.25, 0.3) is 0 Å². The molecule has 6 heterocycles. The SMILES string of the molecule is COC[C@H]1[C@H](CO)CNCc2c(O)c3c(c4c2[C@@H]2C#CC5=C(C=CC(N)N5)[C@@H](Cc5cccc(c5)C[C@H]1C#C2)[C@H]1CC[C@]2(Cc5cc(O)cc(OCO)c5-c5ccc6c(c52)O[C@H]4[C@H]6COC(C)=O)C1)C=C[C@@H]1N[C@@H]2CCC[C@@H](CSSC[C@@H]1O3)C2. The molecule has 2 saturated carbocycles. The maximum absolute atomic E-state index is 13.5. The molecule has 1 unspecified atom stereocenters. The van der Waals surface area contributed by atoms with Crippen molar-refractivity contribution < 1.29 is 48.9 Å². The minimum Gasteiger partial charge on any atom is -0.508 e. The lowest BCUT2D eigenvalue weighted by molar-refractivity contribution is -0.141. The summed E-state index contributed by atoms with van der Waals surface area (Å²) in [6.07, 6.45) is 15.7. The van der Waals surface area contributed by atoms with Crippen molar-refractivity contribution >= 4 is 33.6 Å². The minimum atomic E-state index is -0.868. The molecule has 10 aliphatic rings. The number of hydrogen-bond acceptors (Lipinski definition) is 16. The highest BCUT2D eigenvalue weighted by atomic mass is 33.1. The largest absolute Gasteiger partial charge is 0.508 e. The van der Waals surface area contributed by atoms with Crippen LogP contribution < -0.4 is 35.9 Å². The molecule has 4 aliphatic carbocycles. The van der Waals surface area contributed by atoms with E-state index in [0.717, 1.165) is 94.5 Å². The molecule has 0 aromatic heterocycles. The summed E-state index contributed by atoms with van der Waals surface area (Å²) in [5, 5.41) is 58.3. The van der Waals surface area contributed by atoms with Crippen molar-refractivity contribution in [2.24, 2.45) is 41.2 Å². The lowest BCUT2D eigenvalue weighted by Crippen LogP contribution is -2.49. The van der Waals surface area contributed by atoms with Crippen LogP contribution in [0.15, 0.2) is 78.0 Å². The molecule has 1 spiro atoms. The average Bonchev–Trinajstić information content (AvgIpc) is 1.91. The number of phenolic OH excluding ortho intramolecular Hbond substituents is 2.